The van der Waals surface area contributed by atoms with E-state index in [2.05, 4.69) is 5.32 Å². The van der Waals surface area contributed by atoms with Crippen molar-refractivity contribution >= 4 is 28.9 Å². The summed E-state index contributed by atoms with van der Waals surface area (Å²) in [4.78, 5) is 47.2. The highest BCUT2D eigenvalue weighted by molar-refractivity contribution is 6.07. The summed E-state index contributed by atoms with van der Waals surface area (Å²) in [5, 5.41) is 4.95. The van der Waals surface area contributed by atoms with E-state index in [0.717, 1.165) is 58.5 Å². The maximum absolute atomic E-state index is 13.4. The van der Waals surface area contributed by atoms with Crippen LogP contribution in [-0.2, 0) is 20.9 Å². The molecule has 1 aliphatic carbocycles. The second kappa shape index (κ2) is 13.1. The number of fused-ring (bicyclic) bond motifs is 1. The second-order valence-electron chi connectivity index (χ2n) is 11.7. The Hall–Kier alpha value is -3.98. The van der Waals surface area contributed by atoms with Gasteiger partial charge in [0, 0.05) is 31.0 Å². The van der Waals surface area contributed by atoms with E-state index < -0.39 is 17.6 Å². The van der Waals surface area contributed by atoms with Crippen LogP contribution in [0.2, 0.25) is 0 Å². The molecule has 0 spiro atoms. The lowest BCUT2D eigenvalue weighted by atomic mass is 9.82. The van der Waals surface area contributed by atoms with Gasteiger partial charge in [-0.2, -0.15) is 0 Å². The Morgan fingerprint density at radius 3 is 2.29 bits per heavy atom. The highest BCUT2D eigenvalue weighted by atomic mass is 16.8. The number of nitrogens with two attached hydrogens (primary N) is 1. The maximum Gasteiger partial charge on any atom is 0.443 e. The smallest absolute Gasteiger partial charge is 0.443 e. The summed E-state index contributed by atoms with van der Waals surface area (Å²) < 4.78 is 5.49. The summed E-state index contributed by atoms with van der Waals surface area (Å²) in [7, 11) is 0. The number of amides is 2. The van der Waals surface area contributed by atoms with Gasteiger partial charge in [0.25, 0.3) is 5.91 Å². The van der Waals surface area contributed by atoms with Crippen molar-refractivity contribution in [1.29, 1.82) is 0 Å². The van der Waals surface area contributed by atoms with Gasteiger partial charge in [-0.1, -0.05) is 42.5 Å². The number of pyridine rings is 1. The lowest BCUT2D eigenvalue weighted by molar-refractivity contribution is -0.198. The summed E-state index contributed by atoms with van der Waals surface area (Å²) in [5.41, 5.74) is 9.11. The molecule has 0 aliphatic heterocycles. The van der Waals surface area contributed by atoms with Crippen LogP contribution in [0.3, 0.4) is 0 Å². The average Bonchev–Trinajstić information content (AvgIpc) is 2.96. The molecule has 1 saturated carbocycles. The maximum atomic E-state index is 13.4. The molecule has 1 aliphatic rings. The number of hydroxylamine groups is 2. The molecule has 3 aromatic rings. The molecule has 9 heteroatoms. The first-order chi connectivity index (χ1) is 19.5. The molecule has 0 unspecified atom stereocenters. The van der Waals surface area contributed by atoms with E-state index in [1.54, 1.807) is 20.8 Å². The highest BCUT2D eigenvalue weighted by Gasteiger charge is 2.32. The number of para-hydroxylation sites is 1. The Morgan fingerprint density at radius 2 is 1.66 bits per heavy atom. The van der Waals surface area contributed by atoms with Gasteiger partial charge >= 0.3 is 12.1 Å². The van der Waals surface area contributed by atoms with E-state index in [1.807, 2.05) is 54.6 Å². The van der Waals surface area contributed by atoms with Gasteiger partial charge < -0.3 is 20.6 Å². The van der Waals surface area contributed by atoms with Crippen molar-refractivity contribution in [3.8, 4) is 11.3 Å². The predicted molar refractivity (Wildman–Crippen MR) is 158 cm³/mol. The number of ether oxygens (including phenoxy) is 1. The predicted octanol–water partition coefficient (Wildman–Crippen LogP) is 5.61. The van der Waals surface area contributed by atoms with E-state index >= 15 is 0 Å². The highest BCUT2D eigenvalue weighted by Crippen LogP contribution is 2.30. The molecular weight excluding hydrogens is 520 g/mol. The summed E-state index contributed by atoms with van der Waals surface area (Å²) >= 11 is 0. The normalized spacial score (nSPS) is 17.1. The quantitative estimate of drug-likeness (QED) is 0.360. The number of hydrogen-bond acceptors (Lipinski definition) is 7. The Bertz CT molecular complexity index is 1380. The minimum Gasteiger partial charge on any atom is -0.447 e. The number of aromatic nitrogens is 1. The molecule has 0 bridgehead atoms. The SMILES string of the molecule is CC(=O)ON(C(=O)OCC1CCC(CNC(=O)c2cc(-c3ccc(CN)cc3)nc3ccccc23)CC1)C(C)(C)C. The van der Waals surface area contributed by atoms with Crippen molar-refractivity contribution in [2.75, 3.05) is 13.2 Å². The minimum atomic E-state index is -0.714. The molecule has 2 amide bonds. The Labute approximate surface area is 241 Å². The summed E-state index contributed by atoms with van der Waals surface area (Å²) in [5.74, 6) is -0.124. The van der Waals surface area contributed by atoms with Crippen molar-refractivity contribution in [2.24, 2.45) is 17.6 Å². The lowest BCUT2D eigenvalue weighted by Gasteiger charge is -2.33. The molecule has 0 radical (unpaired) electrons. The Morgan fingerprint density at radius 1 is 1.00 bits per heavy atom. The van der Waals surface area contributed by atoms with Crippen molar-refractivity contribution in [3.05, 3.63) is 65.7 Å². The first-order valence-electron chi connectivity index (χ1n) is 14.2. The van der Waals surface area contributed by atoms with Gasteiger partial charge in [0.2, 0.25) is 0 Å². The van der Waals surface area contributed by atoms with Gasteiger partial charge in [-0.3, -0.25) is 9.59 Å². The summed E-state index contributed by atoms with van der Waals surface area (Å²) in [6, 6.07) is 17.5. The molecule has 9 nitrogen and oxygen atoms in total. The van der Waals surface area contributed by atoms with Crippen molar-refractivity contribution in [3.63, 3.8) is 0 Å². The summed E-state index contributed by atoms with van der Waals surface area (Å²) in [6.07, 6.45) is 2.95. The van der Waals surface area contributed by atoms with E-state index in [1.165, 1.54) is 6.92 Å². The number of hydrogen-bond donors (Lipinski definition) is 2. The van der Waals surface area contributed by atoms with Crippen molar-refractivity contribution < 1.29 is 24.0 Å². The number of rotatable bonds is 7. The van der Waals surface area contributed by atoms with Gasteiger partial charge in [-0.25, -0.2) is 9.78 Å². The number of nitrogens with one attached hydrogen (secondary N) is 1. The topological polar surface area (TPSA) is 124 Å². The van der Waals surface area contributed by atoms with Crippen LogP contribution in [-0.4, -0.2) is 46.7 Å². The lowest BCUT2D eigenvalue weighted by Crippen LogP contribution is -2.47. The molecule has 0 atom stereocenters. The van der Waals surface area contributed by atoms with Gasteiger partial charge in [0.15, 0.2) is 0 Å². The fraction of sp³-hybridized carbons (Fsp3) is 0.438. The van der Waals surface area contributed by atoms with Gasteiger partial charge in [-0.15, -0.1) is 5.06 Å². The van der Waals surface area contributed by atoms with Gasteiger partial charge in [-0.05, 0) is 76.0 Å². The zero-order valence-corrected chi connectivity index (χ0v) is 24.3. The van der Waals surface area contributed by atoms with Crippen molar-refractivity contribution in [1.82, 2.24) is 15.4 Å². The molecule has 2 aromatic carbocycles. The van der Waals surface area contributed by atoms with Crippen LogP contribution in [0.4, 0.5) is 4.79 Å². The average molecular weight is 561 g/mol. The van der Waals surface area contributed by atoms with Crippen LogP contribution < -0.4 is 11.1 Å². The van der Waals surface area contributed by atoms with Crippen LogP contribution in [0.5, 0.6) is 0 Å². The van der Waals surface area contributed by atoms with Gasteiger partial charge in [0.1, 0.15) is 0 Å². The fourth-order valence-electron chi connectivity index (χ4n) is 5.08. The summed E-state index contributed by atoms with van der Waals surface area (Å²) in [6.45, 7) is 7.88. The number of carbonyl (C=O) groups is 3. The monoisotopic (exact) mass is 560 g/mol. The molecule has 1 fully saturated rings. The zero-order valence-electron chi connectivity index (χ0n) is 24.3. The number of carbonyl (C=O) groups excluding carboxylic acids is 3. The third kappa shape index (κ3) is 7.82. The minimum absolute atomic E-state index is 0.118. The van der Waals surface area contributed by atoms with Crippen LogP contribution in [0.1, 0.15) is 69.3 Å². The molecule has 41 heavy (non-hydrogen) atoms. The second-order valence-corrected chi connectivity index (χ2v) is 11.7. The van der Waals surface area contributed by atoms with Crippen LogP contribution in [0.15, 0.2) is 54.6 Å². The molecule has 0 saturated heterocycles. The molecule has 218 valence electrons. The van der Waals surface area contributed by atoms with Crippen LogP contribution >= 0.6 is 0 Å². The molecule has 4 rings (SSSR count). The first-order valence-corrected chi connectivity index (χ1v) is 14.2. The third-order valence-electron chi connectivity index (χ3n) is 7.40. The van der Waals surface area contributed by atoms with Crippen LogP contribution in [0.25, 0.3) is 22.2 Å². The largest absolute Gasteiger partial charge is 0.447 e. The molecule has 3 N–H and O–H groups in total. The first kappa shape index (κ1) is 30.0. The molecule has 1 heterocycles. The van der Waals surface area contributed by atoms with E-state index in [0.29, 0.717) is 24.6 Å². The Balaban J connectivity index is 1.33. The molecular formula is C32H40N4O5. The van der Waals surface area contributed by atoms with Crippen LogP contribution in [0, 0.1) is 11.8 Å². The van der Waals surface area contributed by atoms with E-state index in [9.17, 15) is 14.4 Å². The zero-order chi connectivity index (χ0) is 29.6. The fourth-order valence-corrected chi connectivity index (χ4v) is 5.08. The van der Waals surface area contributed by atoms with Gasteiger partial charge in [0.05, 0.1) is 28.9 Å². The van der Waals surface area contributed by atoms with Crippen molar-refractivity contribution in [2.45, 2.75) is 65.5 Å². The van der Waals surface area contributed by atoms with E-state index in [-0.39, 0.29) is 18.4 Å². The Kier molecular flexibility index (Phi) is 9.60. The van der Waals surface area contributed by atoms with E-state index in [4.69, 9.17) is 20.3 Å². The number of nitrogens with zero attached hydrogens (tertiary/aromatic N) is 2. The number of benzene rings is 2. The third-order valence-corrected chi connectivity index (χ3v) is 7.40. The molecule has 1 aromatic heterocycles. The standard InChI is InChI=1S/C32H40N4O5/c1-21(37)41-36(32(2,3)4)31(39)40-20-24-11-9-23(10-12-24)19-34-30(38)27-17-29(25-15-13-22(18-33)14-16-25)35-28-8-6-5-7-26(27)28/h5-8,13-17,23-24H,9-12,18-20,33H2,1-4H3,(H,34,38).